The van der Waals surface area contributed by atoms with E-state index in [1.54, 1.807) is 0 Å². The van der Waals surface area contributed by atoms with E-state index in [-0.39, 0.29) is 10.8 Å². The lowest BCUT2D eigenvalue weighted by atomic mass is 9.79. The number of rotatable bonds is 11. The molecule has 4 aromatic rings. The molecule has 3 heteroatoms. The molecule has 0 amide bonds. The van der Waals surface area contributed by atoms with E-state index in [0.29, 0.717) is 6.54 Å². The summed E-state index contributed by atoms with van der Waals surface area (Å²) in [6.07, 6.45) is 20.1. The van der Waals surface area contributed by atoms with Gasteiger partial charge in [-0.15, -0.1) is 0 Å². The van der Waals surface area contributed by atoms with Crippen LogP contribution >= 0.6 is 0 Å². The number of unbranched alkanes of at least 4 members (excludes halogenated alkanes) is 2. The summed E-state index contributed by atoms with van der Waals surface area (Å²) < 4.78 is 2.48. The van der Waals surface area contributed by atoms with Crippen LogP contribution in [0.4, 0.5) is 11.4 Å². The predicted octanol–water partition coefficient (Wildman–Crippen LogP) is 10.3. The van der Waals surface area contributed by atoms with Crippen molar-refractivity contribution in [2.24, 2.45) is 5.73 Å². The summed E-state index contributed by atoms with van der Waals surface area (Å²) in [5, 5.41) is 5.32. The van der Waals surface area contributed by atoms with Gasteiger partial charge in [0.2, 0.25) is 5.69 Å². The van der Waals surface area contributed by atoms with Crippen molar-refractivity contribution in [3.8, 4) is 0 Å². The molecule has 0 spiro atoms. The molecular formula is C43H50N3+. The Kier molecular flexibility index (Phi) is 9.15. The van der Waals surface area contributed by atoms with Crippen molar-refractivity contribution in [1.82, 2.24) is 0 Å². The van der Waals surface area contributed by atoms with Crippen LogP contribution in [-0.4, -0.2) is 29.9 Å². The lowest BCUT2D eigenvalue weighted by molar-refractivity contribution is -0.437. The first-order valence-electron chi connectivity index (χ1n) is 17.2. The van der Waals surface area contributed by atoms with Gasteiger partial charge in [-0.05, 0) is 72.1 Å². The monoisotopic (exact) mass is 608 g/mol. The molecule has 0 saturated heterocycles. The number of benzene rings is 4. The zero-order valence-corrected chi connectivity index (χ0v) is 28.4. The van der Waals surface area contributed by atoms with Gasteiger partial charge in [0.1, 0.15) is 0 Å². The fraction of sp³-hybridized carbons (Fsp3) is 0.326. The Balaban J connectivity index is 1.26. The van der Waals surface area contributed by atoms with Crippen LogP contribution in [0.25, 0.3) is 21.5 Å². The van der Waals surface area contributed by atoms with Gasteiger partial charge in [-0.2, -0.15) is 4.58 Å². The van der Waals surface area contributed by atoms with Crippen LogP contribution in [0.2, 0.25) is 0 Å². The number of nitrogens with zero attached hydrogens (tertiary/aromatic N) is 2. The fourth-order valence-corrected chi connectivity index (χ4v) is 7.81. The zero-order valence-electron chi connectivity index (χ0n) is 28.4. The van der Waals surface area contributed by atoms with Gasteiger partial charge < -0.3 is 10.6 Å². The molecule has 3 nitrogen and oxygen atoms in total. The van der Waals surface area contributed by atoms with Crippen molar-refractivity contribution in [2.75, 3.05) is 24.5 Å². The van der Waals surface area contributed by atoms with Gasteiger partial charge in [0.15, 0.2) is 12.3 Å². The van der Waals surface area contributed by atoms with E-state index in [9.17, 15) is 0 Å². The van der Waals surface area contributed by atoms with E-state index < -0.39 is 0 Å². The third-order valence-electron chi connectivity index (χ3n) is 10.0. The number of hydrogen-bond donors (Lipinski definition) is 1. The molecule has 46 heavy (non-hydrogen) atoms. The average molecular weight is 609 g/mol. The standard InChI is InChI=1S/C43H50N3/c1-6-7-17-30-45-36-27-25-32-19-13-15-21-34(32)40(36)42(2,3)38(45)23-11-9-8-10-12-24-39-43(4,5)41-35-22-16-14-20-33(35)26-28-37(41)46(39)31-18-29-44/h8-16,19-28H,6-7,17-18,29-31,44H2,1-5H3/q+1. The molecular weight excluding hydrogens is 558 g/mol. The Hall–Kier alpha value is -4.21. The van der Waals surface area contributed by atoms with Gasteiger partial charge >= 0.3 is 0 Å². The molecule has 2 aliphatic rings. The minimum absolute atomic E-state index is 0.0762. The lowest BCUT2D eigenvalue weighted by Gasteiger charge is -2.27. The molecule has 0 radical (unpaired) electrons. The smallest absolute Gasteiger partial charge is 0.210 e. The SMILES string of the molecule is CCCCCN1C(=CC=CC=CC=CC2=[N+](CCCN)c3ccc4ccccc4c3C2(C)C)C(C)(C)c2c1ccc1ccccc21. The first kappa shape index (κ1) is 31.8. The first-order chi connectivity index (χ1) is 22.3. The van der Waals surface area contributed by atoms with E-state index >= 15 is 0 Å². The highest BCUT2D eigenvalue weighted by atomic mass is 15.2. The molecule has 2 heterocycles. The van der Waals surface area contributed by atoms with Crippen molar-refractivity contribution in [1.29, 1.82) is 0 Å². The fourth-order valence-electron chi connectivity index (χ4n) is 7.81. The maximum atomic E-state index is 5.97. The van der Waals surface area contributed by atoms with Gasteiger partial charge in [0.05, 0.1) is 5.41 Å². The third kappa shape index (κ3) is 5.67. The Morgan fingerprint density at radius 2 is 1.35 bits per heavy atom. The summed E-state index contributed by atoms with van der Waals surface area (Å²) in [7, 11) is 0. The summed E-state index contributed by atoms with van der Waals surface area (Å²) in [4.78, 5) is 2.57. The Bertz CT molecular complexity index is 1900. The lowest BCUT2D eigenvalue weighted by Crippen LogP contribution is -2.28. The number of fused-ring (bicyclic) bond motifs is 6. The van der Waals surface area contributed by atoms with Crippen LogP contribution in [0.1, 0.15) is 71.4 Å². The summed E-state index contributed by atoms with van der Waals surface area (Å²) in [6.45, 7) is 14.4. The van der Waals surface area contributed by atoms with Gasteiger partial charge in [0.25, 0.3) is 0 Å². The van der Waals surface area contributed by atoms with E-state index in [0.717, 1.165) is 19.5 Å². The largest absolute Gasteiger partial charge is 0.344 e. The van der Waals surface area contributed by atoms with Gasteiger partial charge in [-0.25, -0.2) is 0 Å². The Morgan fingerprint density at radius 3 is 2.07 bits per heavy atom. The first-order valence-corrected chi connectivity index (χ1v) is 17.2. The molecule has 0 unspecified atom stereocenters. The van der Waals surface area contributed by atoms with Crippen LogP contribution in [0.15, 0.2) is 121 Å². The van der Waals surface area contributed by atoms with Crippen LogP contribution in [0.3, 0.4) is 0 Å². The molecule has 0 aromatic heterocycles. The van der Waals surface area contributed by atoms with Gasteiger partial charge in [0, 0.05) is 47.5 Å². The average Bonchev–Trinajstić information content (AvgIpc) is 3.41. The molecule has 0 aliphatic carbocycles. The third-order valence-corrected chi connectivity index (χ3v) is 10.0. The summed E-state index contributed by atoms with van der Waals surface area (Å²) in [6, 6.07) is 26.7. The van der Waals surface area contributed by atoms with Crippen molar-refractivity contribution < 1.29 is 4.58 Å². The van der Waals surface area contributed by atoms with Crippen LogP contribution in [0, 0.1) is 0 Å². The van der Waals surface area contributed by atoms with E-state index in [1.165, 1.54) is 74.7 Å². The summed E-state index contributed by atoms with van der Waals surface area (Å²) in [5.74, 6) is 0. The zero-order chi connectivity index (χ0) is 32.3. The highest BCUT2D eigenvalue weighted by molar-refractivity contribution is 6.07. The van der Waals surface area contributed by atoms with E-state index in [1.807, 2.05) is 0 Å². The van der Waals surface area contributed by atoms with Crippen molar-refractivity contribution in [3.63, 3.8) is 0 Å². The van der Waals surface area contributed by atoms with E-state index in [2.05, 4.69) is 159 Å². The van der Waals surface area contributed by atoms with Gasteiger partial charge in [-0.1, -0.05) is 119 Å². The van der Waals surface area contributed by atoms with E-state index in [4.69, 9.17) is 5.73 Å². The summed E-state index contributed by atoms with van der Waals surface area (Å²) >= 11 is 0. The molecule has 236 valence electrons. The molecule has 4 aromatic carbocycles. The Labute approximate surface area is 276 Å². The number of anilines is 1. The Morgan fingerprint density at radius 1 is 0.696 bits per heavy atom. The minimum Gasteiger partial charge on any atom is -0.344 e. The van der Waals surface area contributed by atoms with Crippen molar-refractivity contribution in [3.05, 3.63) is 132 Å². The molecule has 2 N–H and O–H groups in total. The quantitative estimate of drug-likeness (QED) is 0.104. The van der Waals surface area contributed by atoms with Crippen LogP contribution in [-0.2, 0) is 10.8 Å². The van der Waals surface area contributed by atoms with Crippen LogP contribution < -0.4 is 10.6 Å². The highest BCUT2D eigenvalue weighted by Gasteiger charge is 2.45. The second kappa shape index (κ2) is 13.3. The molecule has 0 atom stereocenters. The van der Waals surface area contributed by atoms with Gasteiger partial charge in [-0.3, -0.25) is 0 Å². The topological polar surface area (TPSA) is 32.3 Å². The molecule has 0 saturated carbocycles. The predicted molar refractivity (Wildman–Crippen MR) is 200 cm³/mol. The van der Waals surface area contributed by atoms with Crippen LogP contribution in [0.5, 0.6) is 0 Å². The number of hydrogen-bond acceptors (Lipinski definition) is 2. The highest BCUT2D eigenvalue weighted by Crippen LogP contribution is 2.51. The maximum Gasteiger partial charge on any atom is 0.210 e. The molecule has 0 fully saturated rings. The second-order valence-electron chi connectivity index (χ2n) is 13.8. The molecule has 0 bridgehead atoms. The molecule has 6 rings (SSSR count). The second-order valence-corrected chi connectivity index (χ2v) is 13.8. The normalized spacial score (nSPS) is 18.0. The summed E-state index contributed by atoms with van der Waals surface area (Å²) in [5.41, 5.74) is 14.0. The molecule has 2 aliphatic heterocycles. The van der Waals surface area contributed by atoms with Crippen molar-refractivity contribution in [2.45, 2.75) is 71.1 Å². The number of nitrogens with two attached hydrogens (primary N) is 1. The minimum atomic E-state index is -0.107. The number of allylic oxidation sites excluding steroid dienone is 8. The van der Waals surface area contributed by atoms with Crippen molar-refractivity contribution >= 4 is 38.6 Å². The maximum absolute atomic E-state index is 5.97.